The number of benzene rings is 1. The van der Waals surface area contributed by atoms with Gasteiger partial charge in [0.05, 0.1) is 10.5 Å². The van der Waals surface area contributed by atoms with E-state index in [1.807, 2.05) is 4.90 Å². The molecule has 3 rings (SSSR count). The highest BCUT2D eigenvalue weighted by Crippen LogP contribution is 2.43. The molecular formula is C15H18N2O4. The Labute approximate surface area is 122 Å². The predicted molar refractivity (Wildman–Crippen MR) is 77.8 cm³/mol. The van der Waals surface area contributed by atoms with Gasteiger partial charge in [0.15, 0.2) is 0 Å². The van der Waals surface area contributed by atoms with E-state index in [1.165, 1.54) is 24.6 Å². The van der Waals surface area contributed by atoms with Crippen LogP contribution >= 0.6 is 0 Å². The summed E-state index contributed by atoms with van der Waals surface area (Å²) in [7, 11) is 0. The lowest BCUT2D eigenvalue weighted by Gasteiger charge is -2.33. The van der Waals surface area contributed by atoms with E-state index < -0.39 is 10.9 Å². The number of aromatic carboxylic acids is 1. The Balaban J connectivity index is 2.08. The molecule has 2 atom stereocenters. The average molecular weight is 290 g/mol. The fraction of sp³-hybridized carbons (Fsp3) is 0.533. The number of para-hydroxylation sites is 1. The molecule has 1 heterocycles. The Hall–Kier alpha value is -2.11. The normalized spacial score (nSPS) is 24.7. The van der Waals surface area contributed by atoms with E-state index in [0.29, 0.717) is 18.2 Å². The maximum atomic E-state index is 11.5. The molecule has 1 aliphatic heterocycles. The molecule has 21 heavy (non-hydrogen) atoms. The second-order valence-corrected chi connectivity index (χ2v) is 5.83. The third kappa shape index (κ3) is 2.34. The summed E-state index contributed by atoms with van der Waals surface area (Å²) in [6.45, 7) is 0.709. The number of carbonyl (C=O) groups is 1. The van der Waals surface area contributed by atoms with E-state index in [1.54, 1.807) is 0 Å². The summed E-state index contributed by atoms with van der Waals surface area (Å²) in [4.78, 5) is 24.3. The van der Waals surface area contributed by atoms with Crippen molar-refractivity contribution in [2.24, 2.45) is 5.92 Å². The van der Waals surface area contributed by atoms with E-state index in [0.717, 1.165) is 25.7 Å². The molecule has 0 bridgehead atoms. The van der Waals surface area contributed by atoms with Crippen LogP contribution in [0.25, 0.3) is 0 Å². The van der Waals surface area contributed by atoms with E-state index in [-0.39, 0.29) is 17.3 Å². The topological polar surface area (TPSA) is 83.7 Å². The minimum absolute atomic E-state index is 0.0374. The predicted octanol–water partition coefficient (Wildman–Crippen LogP) is 3.06. The summed E-state index contributed by atoms with van der Waals surface area (Å²) in [5, 5.41) is 20.7. The molecule has 0 amide bonds. The van der Waals surface area contributed by atoms with Crippen molar-refractivity contribution in [3.05, 3.63) is 33.9 Å². The summed E-state index contributed by atoms with van der Waals surface area (Å²) in [5.74, 6) is -0.562. The van der Waals surface area contributed by atoms with Crippen molar-refractivity contribution < 1.29 is 14.8 Å². The van der Waals surface area contributed by atoms with Gasteiger partial charge in [-0.3, -0.25) is 10.1 Å². The summed E-state index contributed by atoms with van der Waals surface area (Å²) >= 11 is 0. The maximum absolute atomic E-state index is 11.5. The SMILES string of the molecule is O=C(O)c1cccc([N+](=O)[O-])c1N1CCC2CCCCC21. The molecule has 1 saturated carbocycles. The fourth-order valence-electron chi connectivity index (χ4n) is 3.84. The molecule has 1 aliphatic carbocycles. The maximum Gasteiger partial charge on any atom is 0.338 e. The zero-order valence-corrected chi connectivity index (χ0v) is 11.7. The second-order valence-electron chi connectivity index (χ2n) is 5.83. The monoisotopic (exact) mass is 290 g/mol. The van der Waals surface area contributed by atoms with Gasteiger partial charge in [-0.15, -0.1) is 0 Å². The number of carboxylic acids is 1. The minimum atomic E-state index is -1.10. The third-order valence-corrected chi connectivity index (χ3v) is 4.74. The van der Waals surface area contributed by atoms with Crippen LogP contribution in [-0.2, 0) is 0 Å². The first-order chi connectivity index (χ1) is 10.1. The zero-order valence-electron chi connectivity index (χ0n) is 11.7. The van der Waals surface area contributed by atoms with Crippen LogP contribution in [0.2, 0.25) is 0 Å². The summed E-state index contributed by atoms with van der Waals surface area (Å²) in [5.41, 5.74) is 0.237. The highest BCUT2D eigenvalue weighted by Gasteiger charge is 2.39. The summed E-state index contributed by atoms with van der Waals surface area (Å²) in [6, 6.07) is 4.55. The number of rotatable bonds is 3. The summed E-state index contributed by atoms with van der Waals surface area (Å²) < 4.78 is 0. The third-order valence-electron chi connectivity index (χ3n) is 4.74. The van der Waals surface area contributed by atoms with Crippen LogP contribution in [0.15, 0.2) is 18.2 Å². The van der Waals surface area contributed by atoms with Gasteiger partial charge >= 0.3 is 5.97 Å². The first-order valence-electron chi connectivity index (χ1n) is 7.37. The van der Waals surface area contributed by atoms with Crippen LogP contribution < -0.4 is 4.90 Å². The lowest BCUT2D eigenvalue weighted by molar-refractivity contribution is -0.384. The molecule has 6 nitrogen and oxygen atoms in total. The Morgan fingerprint density at radius 1 is 1.29 bits per heavy atom. The number of fused-ring (bicyclic) bond motifs is 1. The first kappa shape index (κ1) is 13.9. The number of nitrogens with zero attached hydrogens (tertiary/aromatic N) is 2. The number of nitro groups is 1. The van der Waals surface area contributed by atoms with Crippen molar-refractivity contribution in [3.8, 4) is 0 Å². The van der Waals surface area contributed by atoms with Crippen LogP contribution in [0.5, 0.6) is 0 Å². The highest BCUT2D eigenvalue weighted by atomic mass is 16.6. The van der Waals surface area contributed by atoms with E-state index in [4.69, 9.17) is 0 Å². The van der Waals surface area contributed by atoms with Crippen LogP contribution in [-0.4, -0.2) is 28.6 Å². The van der Waals surface area contributed by atoms with E-state index >= 15 is 0 Å². The Bertz CT molecular complexity index is 555. The number of nitro benzene ring substituents is 1. The van der Waals surface area contributed by atoms with Crippen molar-refractivity contribution in [1.29, 1.82) is 0 Å². The first-order valence-corrected chi connectivity index (χ1v) is 7.37. The van der Waals surface area contributed by atoms with Gasteiger partial charge < -0.3 is 10.0 Å². The van der Waals surface area contributed by atoms with Crippen molar-refractivity contribution in [2.45, 2.75) is 38.1 Å². The standard InChI is InChI=1S/C15H18N2O4/c18-15(19)11-5-3-7-13(17(20)21)14(11)16-9-8-10-4-1-2-6-12(10)16/h3,5,7,10,12H,1-2,4,6,8-9H2,(H,18,19). The lowest BCUT2D eigenvalue weighted by Crippen LogP contribution is -2.36. The number of anilines is 1. The van der Waals surface area contributed by atoms with Gasteiger partial charge in [0.25, 0.3) is 5.69 Å². The molecule has 1 aromatic rings. The van der Waals surface area contributed by atoms with Gasteiger partial charge in [0.1, 0.15) is 5.69 Å². The molecule has 1 N–H and O–H groups in total. The molecular weight excluding hydrogens is 272 g/mol. The van der Waals surface area contributed by atoms with Gasteiger partial charge in [-0.05, 0) is 31.2 Å². The second kappa shape index (κ2) is 5.35. The smallest absolute Gasteiger partial charge is 0.338 e. The number of hydrogen-bond acceptors (Lipinski definition) is 4. The van der Waals surface area contributed by atoms with Gasteiger partial charge in [-0.25, -0.2) is 4.79 Å². The molecule has 112 valence electrons. The average Bonchev–Trinajstić information content (AvgIpc) is 2.90. The molecule has 2 aliphatic rings. The molecule has 1 saturated heterocycles. The lowest BCUT2D eigenvalue weighted by atomic mass is 9.85. The van der Waals surface area contributed by atoms with Crippen LogP contribution in [0.4, 0.5) is 11.4 Å². The van der Waals surface area contributed by atoms with Gasteiger partial charge in [0, 0.05) is 18.7 Å². The van der Waals surface area contributed by atoms with Crippen molar-refractivity contribution in [3.63, 3.8) is 0 Å². The number of carboxylic acid groups (broad SMARTS) is 1. The van der Waals surface area contributed by atoms with Crippen LogP contribution in [0.3, 0.4) is 0 Å². The van der Waals surface area contributed by atoms with Gasteiger partial charge in [0.2, 0.25) is 0 Å². The van der Waals surface area contributed by atoms with Gasteiger partial charge in [-0.1, -0.05) is 18.9 Å². The van der Waals surface area contributed by atoms with Crippen molar-refractivity contribution in [1.82, 2.24) is 0 Å². The molecule has 2 unspecified atom stereocenters. The van der Waals surface area contributed by atoms with E-state index in [9.17, 15) is 20.0 Å². The molecule has 2 fully saturated rings. The quantitative estimate of drug-likeness (QED) is 0.683. The Morgan fingerprint density at radius 3 is 2.76 bits per heavy atom. The summed E-state index contributed by atoms with van der Waals surface area (Å²) in [6.07, 6.45) is 5.45. The van der Waals surface area contributed by atoms with Crippen molar-refractivity contribution >= 4 is 17.3 Å². The van der Waals surface area contributed by atoms with E-state index in [2.05, 4.69) is 0 Å². The molecule has 6 heteroatoms. The Morgan fingerprint density at radius 2 is 2.05 bits per heavy atom. The fourth-order valence-corrected chi connectivity index (χ4v) is 3.84. The molecule has 1 aromatic carbocycles. The largest absolute Gasteiger partial charge is 0.478 e. The zero-order chi connectivity index (χ0) is 15.0. The minimum Gasteiger partial charge on any atom is -0.478 e. The van der Waals surface area contributed by atoms with Gasteiger partial charge in [-0.2, -0.15) is 0 Å². The highest BCUT2D eigenvalue weighted by molar-refractivity contribution is 5.97. The van der Waals surface area contributed by atoms with Crippen molar-refractivity contribution in [2.75, 3.05) is 11.4 Å². The van der Waals surface area contributed by atoms with Crippen LogP contribution in [0.1, 0.15) is 42.5 Å². The van der Waals surface area contributed by atoms with Crippen LogP contribution in [0, 0.1) is 16.0 Å². The Kier molecular flexibility index (Phi) is 3.53. The number of hydrogen-bond donors (Lipinski definition) is 1. The molecule has 0 aromatic heterocycles. The molecule has 0 spiro atoms. The molecule has 0 radical (unpaired) electrons.